The minimum atomic E-state index is -3.79. The van der Waals surface area contributed by atoms with Crippen LogP contribution in [-0.2, 0) is 21.8 Å². The van der Waals surface area contributed by atoms with Crippen molar-refractivity contribution in [1.82, 2.24) is 5.32 Å². The molecule has 0 radical (unpaired) electrons. The van der Waals surface area contributed by atoms with Crippen LogP contribution in [0.3, 0.4) is 0 Å². The summed E-state index contributed by atoms with van der Waals surface area (Å²) in [7, 11) is -2.29. The van der Waals surface area contributed by atoms with Gasteiger partial charge in [0.25, 0.3) is 0 Å². The Bertz CT molecular complexity index is 1210. The van der Waals surface area contributed by atoms with Gasteiger partial charge in [0, 0.05) is 35.0 Å². The number of methoxy groups -OCH3 is 1. The molecule has 2 aromatic carbocycles. The smallest absolute Gasteiger partial charge is 0.207 e. The van der Waals surface area contributed by atoms with Gasteiger partial charge in [0.15, 0.2) is 0 Å². The van der Waals surface area contributed by atoms with E-state index in [0.29, 0.717) is 23.6 Å². The maximum Gasteiger partial charge on any atom is 0.207 e. The van der Waals surface area contributed by atoms with Gasteiger partial charge in [0.2, 0.25) is 9.84 Å². The molecule has 0 atom stereocenters. The SMILES string of the molecule is COc1cc(OC(C)C)cc(S(=O)(=O)c2ccc3c4c(oc3c2)CNCC4(C)C)c1. The molecule has 0 bridgehead atoms. The number of hydrogen-bond acceptors (Lipinski definition) is 6. The molecule has 0 fully saturated rings. The Kier molecular flexibility index (Phi) is 5.06. The predicted octanol–water partition coefficient (Wildman–Crippen LogP) is 4.44. The van der Waals surface area contributed by atoms with Gasteiger partial charge in [-0.1, -0.05) is 13.8 Å². The quantitative estimate of drug-likeness (QED) is 0.646. The van der Waals surface area contributed by atoms with Gasteiger partial charge < -0.3 is 19.2 Å². The second-order valence-corrected chi connectivity index (χ2v) is 10.5. The van der Waals surface area contributed by atoms with E-state index < -0.39 is 9.84 Å². The van der Waals surface area contributed by atoms with Crippen molar-refractivity contribution < 1.29 is 22.3 Å². The lowest BCUT2D eigenvalue weighted by atomic mass is 9.80. The average molecular weight is 430 g/mol. The van der Waals surface area contributed by atoms with Gasteiger partial charge in [-0.05, 0) is 38.1 Å². The van der Waals surface area contributed by atoms with Crippen molar-refractivity contribution in [3.05, 3.63) is 47.7 Å². The fourth-order valence-electron chi connectivity index (χ4n) is 4.03. The summed E-state index contributed by atoms with van der Waals surface area (Å²) < 4.78 is 43.8. The second-order valence-electron chi connectivity index (χ2n) is 8.56. The average Bonchev–Trinajstić information content (AvgIpc) is 3.06. The van der Waals surface area contributed by atoms with E-state index in [1.807, 2.05) is 19.9 Å². The molecule has 0 amide bonds. The van der Waals surface area contributed by atoms with E-state index in [0.717, 1.165) is 23.3 Å². The lowest BCUT2D eigenvalue weighted by Gasteiger charge is -2.30. The molecule has 0 saturated heterocycles. The van der Waals surface area contributed by atoms with Crippen molar-refractivity contribution >= 4 is 20.8 Å². The maximum absolute atomic E-state index is 13.4. The fourth-order valence-corrected chi connectivity index (χ4v) is 5.36. The Morgan fingerprint density at radius 3 is 2.50 bits per heavy atom. The summed E-state index contributed by atoms with van der Waals surface area (Å²) in [6.45, 7) is 9.57. The first kappa shape index (κ1) is 20.8. The molecule has 1 N–H and O–H groups in total. The van der Waals surface area contributed by atoms with Crippen molar-refractivity contribution in [2.45, 2.75) is 55.5 Å². The minimum Gasteiger partial charge on any atom is -0.497 e. The lowest BCUT2D eigenvalue weighted by Crippen LogP contribution is -2.37. The van der Waals surface area contributed by atoms with Gasteiger partial charge in [0.05, 0.1) is 29.5 Å². The monoisotopic (exact) mass is 429 g/mol. The van der Waals surface area contributed by atoms with E-state index in [1.54, 1.807) is 18.2 Å². The van der Waals surface area contributed by atoms with E-state index in [-0.39, 0.29) is 21.3 Å². The first-order valence-electron chi connectivity index (χ1n) is 9.99. The van der Waals surface area contributed by atoms with Crippen LogP contribution in [0.25, 0.3) is 11.0 Å². The summed E-state index contributed by atoms with van der Waals surface area (Å²) >= 11 is 0. The number of hydrogen-bond donors (Lipinski definition) is 1. The standard InChI is InChI=1S/C23H27NO5S/c1-14(2)28-16-8-15(27-5)9-18(10-16)30(25,26)17-6-7-19-20(11-17)29-21-12-24-13-23(3,4)22(19)21/h6-11,14,24H,12-13H2,1-5H3. The van der Waals surface area contributed by atoms with Gasteiger partial charge in [-0.25, -0.2) is 8.42 Å². The normalized spacial score (nSPS) is 15.9. The number of sulfone groups is 1. The van der Waals surface area contributed by atoms with Crippen LogP contribution in [0.1, 0.15) is 39.0 Å². The van der Waals surface area contributed by atoms with Gasteiger partial charge >= 0.3 is 0 Å². The second kappa shape index (κ2) is 7.32. The first-order valence-corrected chi connectivity index (χ1v) is 11.5. The number of benzene rings is 2. The third kappa shape index (κ3) is 3.56. The third-order valence-electron chi connectivity index (χ3n) is 5.35. The molecular formula is C23H27NO5S. The van der Waals surface area contributed by atoms with Gasteiger partial charge in [-0.3, -0.25) is 0 Å². The van der Waals surface area contributed by atoms with Crippen molar-refractivity contribution in [3.63, 3.8) is 0 Å². The van der Waals surface area contributed by atoms with E-state index in [4.69, 9.17) is 13.9 Å². The third-order valence-corrected chi connectivity index (χ3v) is 7.08. The molecule has 7 heteroatoms. The van der Waals surface area contributed by atoms with Gasteiger partial charge in [0.1, 0.15) is 22.8 Å². The van der Waals surface area contributed by atoms with Crippen LogP contribution in [0.2, 0.25) is 0 Å². The molecule has 1 aliphatic rings. The number of rotatable bonds is 5. The van der Waals surface area contributed by atoms with Gasteiger partial charge in [-0.15, -0.1) is 0 Å². The Morgan fingerprint density at radius 2 is 1.80 bits per heavy atom. The molecule has 3 aromatic rings. The molecule has 6 nitrogen and oxygen atoms in total. The molecule has 4 rings (SSSR count). The topological polar surface area (TPSA) is 77.8 Å². The van der Waals surface area contributed by atoms with Crippen LogP contribution in [0.4, 0.5) is 0 Å². The number of ether oxygens (including phenoxy) is 2. The molecular weight excluding hydrogens is 402 g/mol. The highest BCUT2D eigenvalue weighted by Crippen LogP contribution is 2.39. The van der Waals surface area contributed by atoms with Crippen molar-refractivity contribution in [2.24, 2.45) is 0 Å². The first-order chi connectivity index (χ1) is 14.1. The van der Waals surface area contributed by atoms with Crippen LogP contribution in [0, 0.1) is 0 Å². The van der Waals surface area contributed by atoms with Crippen molar-refractivity contribution in [1.29, 1.82) is 0 Å². The van der Waals surface area contributed by atoms with E-state index in [9.17, 15) is 8.42 Å². The van der Waals surface area contributed by atoms with Crippen molar-refractivity contribution in [3.8, 4) is 11.5 Å². The van der Waals surface area contributed by atoms with E-state index >= 15 is 0 Å². The fraction of sp³-hybridized carbons (Fsp3) is 0.391. The molecule has 30 heavy (non-hydrogen) atoms. The Hall–Kier alpha value is -2.51. The Balaban J connectivity index is 1.82. The Morgan fingerprint density at radius 1 is 1.07 bits per heavy atom. The van der Waals surface area contributed by atoms with Crippen LogP contribution < -0.4 is 14.8 Å². The highest BCUT2D eigenvalue weighted by molar-refractivity contribution is 7.91. The highest BCUT2D eigenvalue weighted by atomic mass is 32.2. The summed E-state index contributed by atoms with van der Waals surface area (Å²) in [5.41, 5.74) is 1.64. The van der Waals surface area contributed by atoms with Crippen molar-refractivity contribution in [2.75, 3.05) is 13.7 Å². The molecule has 0 spiro atoms. The molecule has 2 heterocycles. The molecule has 0 saturated carbocycles. The van der Waals surface area contributed by atoms with Crippen LogP contribution >= 0.6 is 0 Å². The molecule has 1 aromatic heterocycles. The lowest BCUT2D eigenvalue weighted by molar-refractivity contribution is 0.240. The largest absolute Gasteiger partial charge is 0.497 e. The number of nitrogens with one attached hydrogen (secondary N) is 1. The molecule has 160 valence electrons. The van der Waals surface area contributed by atoms with Crippen LogP contribution in [0.5, 0.6) is 11.5 Å². The molecule has 0 unspecified atom stereocenters. The summed E-state index contributed by atoms with van der Waals surface area (Å²) in [6, 6.07) is 9.83. The zero-order valence-electron chi connectivity index (χ0n) is 17.9. The molecule has 1 aliphatic heterocycles. The number of furan rings is 1. The zero-order valence-corrected chi connectivity index (χ0v) is 18.7. The van der Waals surface area contributed by atoms with Crippen LogP contribution in [-0.4, -0.2) is 28.2 Å². The summed E-state index contributed by atoms with van der Waals surface area (Å²) in [5, 5.41) is 4.32. The molecule has 0 aliphatic carbocycles. The minimum absolute atomic E-state index is 0.0876. The van der Waals surface area contributed by atoms with Gasteiger partial charge in [-0.2, -0.15) is 0 Å². The summed E-state index contributed by atoms with van der Waals surface area (Å²) in [5.74, 6) is 1.74. The predicted molar refractivity (Wildman–Crippen MR) is 115 cm³/mol. The summed E-state index contributed by atoms with van der Waals surface area (Å²) in [6.07, 6.45) is -0.0876. The van der Waals surface area contributed by atoms with E-state index in [1.165, 1.54) is 19.2 Å². The van der Waals surface area contributed by atoms with E-state index in [2.05, 4.69) is 19.2 Å². The van der Waals surface area contributed by atoms with Crippen LogP contribution in [0.15, 0.2) is 50.6 Å². The summed E-state index contributed by atoms with van der Waals surface area (Å²) in [4.78, 5) is 0.297. The maximum atomic E-state index is 13.4. The zero-order chi connectivity index (χ0) is 21.7. The highest BCUT2D eigenvalue weighted by Gasteiger charge is 2.33. The Labute approximate surface area is 177 Å². The number of fused-ring (bicyclic) bond motifs is 3.